The van der Waals surface area contributed by atoms with Gasteiger partial charge in [0.05, 0.1) is 33.6 Å². The van der Waals surface area contributed by atoms with Crippen molar-refractivity contribution in [3.8, 4) is 0 Å². The van der Waals surface area contributed by atoms with Crippen molar-refractivity contribution in [2.45, 2.75) is 0 Å². The van der Waals surface area contributed by atoms with Crippen LogP contribution in [0.2, 0.25) is 5.02 Å². The number of fused-ring (bicyclic) bond motifs is 2. The fourth-order valence-electron chi connectivity index (χ4n) is 3.69. The summed E-state index contributed by atoms with van der Waals surface area (Å²) >= 11 is 5.94. The van der Waals surface area contributed by atoms with Crippen molar-refractivity contribution in [3.05, 3.63) is 87.9 Å². The van der Waals surface area contributed by atoms with E-state index in [1.54, 1.807) is 12.1 Å². The number of halogens is 1. The number of rotatable bonds is 2. The molecule has 0 bridgehead atoms. The smallest absolute Gasteiger partial charge is 0.266 e. The van der Waals surface area contributed by atoms with Crippen LogP contribution < -0.4 is 15.5 Å². The third-order valence-corrected chi connectivity index (χ3v) is 5.36. The number of amides is 4. The van der Waals surface area contributed by atoms with Crippen LogP contribution in [0.3, 0.4) is 0 Å². The second-order valence-corrected chi connectivity index (χ2v) is 7.34. The van der Waals surface area contributed by atoms with Gasteiger partial charge in [0.25, 0.3) is 23.6 Å². The molecule has 0 aromatic heterocycles. The maximum atomic E-state index is 12.7. The number of anilines is 3. The number of nitrogen functional groups attached to an aromatic ring is 1. The van der Waals surface area contributed by atoms with Gasteiger partial charge in [0.15, 0.2) is 0 Å². The summed E-state index contributed by atoms with van der Waals surface area (Å²) in [5, 5.41) is 0.360. The Kier molecular flexibility index (Phi) is 3.78. The molecule has 0 unspecified atom stereocenters. The molecule has 0 spiro atoms. The van der Waals surface area contributed by atoms with Crippen LogP contribution in [0.1, 0.15) is 41.4 Å². The van der Waals surface area contributed by atoms with Crippen molar-refractivity contribution < 1.29 is 19.2 Å². The average Bonchev–Trinajstić information content (AvgIpc) is 3.12. The standard InChI is InChI=1S/C22H12ClN3O4/c23-11-1-7-15-17(9-11)21(29)25(19(15)27)13-3-5-14(6-4-13)26-20(28)16-8-2-12(24)10-18(16)22(26)30/h1-10H,24H2. The normalized spacial score (nSPS) is 15.1. The van der Waals surface area contributed by atoms with Gasteiger partial charge in [0.2, 0.25) is 0 Å². The zero-order valence-corrected chi connectivity index (χ0v) is 16.0. The summed E-state index contributed by atoms with van der Waals surface area (Å²) in [7, 11) is 0. The number of carbonyl (C=O) groups excluding carboxylic acids is 4. The molecule has 0 aliphatic carbocycles. The number of benzene rings is 3. The molecule has 2 aliphatic rings. The lowest BCUT2D eigenvalue weighted by atomic mass is 10.1. The van der Waals surface area contributed by atoms with Crippen molar-refractivity contribution in [2.24, 2.45) is 0 Å². The molecule has 8 heteroatoms. The number of hydrogen-bond donors (Lipinski definition) is 1. The lowest BCUT2D eigenvalue weighted by Crippen LogP contribution is -2.30. The highest BCUT2D eigenvalue weighted by Gasteiger charge is 2.38. The van der Waals surface area contributed by atoms with E-state index in [9.17, 15) is 19.2 Å². The van der Waals surface area contributed by atoms with E-state index in [2.05, 4.69) is 0 Å². The lowest BCUT2D eigenvalue weighted by Gasteiger charge is -2.17. The number of nitrogens with two attached hydrogens (primary N) is 1. The molecule has 0 atom stereocenters. The van der Waals surface area contributed by atoms with E-state index >= 15 is 0 Å². The van der Waals surface area contributed by atoms with E-state index in [-0.39, 0.29) is 22.3 Å². The monoisotopic (exact) mass is 417 g/mol. The molecule has 4 amide bonds. The van der Waals surface area contributed by atoms with Crippen molar-refractivity contribution >= 4 is 52.3 Å². The molecule has 2 aliphatic heterocycles. The minimum absolute atomic E-state index is 0.231. The van der Waals surface area contributed by atoms with Crippen molar-refractivity contribution in [2.75, 3.05) is 15.5 Å². The summed E-state index contributed by atoms with van der Waals surface area (Å²) in [4.78, 5) is 52.8. The summed E-state index contributed by atoms with van der Waals surface area (Å²) in [5.41, 5.74) is 7.77. The topological polar surface area (TPSA) is 101 Å². The second-order valence-electron chi connectivity index (χ2n) is 6.90. The zero-order chi connectivity index (χ0) is 21.2. The summed E-state index contributed by atoms with van der Waals surface area (Å²) in [6.07, 6.45) is 0. The number of imide groups is 2. The predicted octanol–water partition coefficient (Wildman–Crippen LogP) is 3.52. The van der Waals surface area contributed by atoms with Gasteiger partial charge in [-0.2, -0.15) is 0 Å². The van der Waals surface area contributed by atoms with Gasteiger partial charge in [0.1, 0.15) is 0 Å². The maximum Gasteiger partial charge on any atom is 0.266 e. The van der Waals surface area contributed by atoms with Crippen LogP contribution in [0.15, 0.2) is 60.7 Å². The van der Waals surface area contributed by atoms with Crippen LogP contribution in [-0.2, 0) is 0 Å². The van der Waals surface area contributed by atoms with Crippen LogP contribution >= 0.6 is 11.6 Å². The van der Waals surface area contributed by atoms with Crippen molar-refractivity contribution in [3.63, 3.8) is 0 Å². The van der Waals surface area contributed by atoms with Gasteiger partial charge in [-0.3, -0.25) is 19.2 Å². The molecule has 2 heterocycles. The first kappa shape index (κ1) is 18.1. The van der Waals surface area contributed by atoms with Crippen molar-refractivity contribution in [1.82, 2.24) is 0 Å². The van der Waals surface area contributed by atoms with E-state index in [0.717, 1.165) is 9.80 Å². The Balaban J connectivity index is 1.48. The van der Waals surface area contributed by atoms with Crippen LogP contribution in [-0.4, -0.2) is 23.6 Å². The maximum absolute atomic E-state index is 12.7. The van der Waals surface area contributed by atoms with Gasteiger partial charge in [-0.1, -0.05) is 11.6 Å². The van der Waals surface area contributed by atoms with E-state index in [0.29, 0.717) is 22.1 Å². The molecule has 3 aromatic carbocycles. The van der Waals surface area contributed by atoms with Gasteiger partial charge in [-0.05, 0) is 60.7 Å². The first-order valence-corrected chi connectivity index (χ1v) is 9.31. The highest BCUT2D eigenvalue weighted by atomic mass is 35.5. The second kappa shape index (κ2) is 6.27. The Labute approximate surface area is 175 Å². The Morgan fingerprint density at radius 3 is 1.53 bits per heavy atom. The van der Waals surface area contributed by atoms with Crippen LogP contribution in [0.25, 0.3) is 0 Å². The molecule has 30 heavy (non-hydrogen) atoms. The van der Waals surface area contributed by atoms with Crippen molar-refractivity contribution in [1.29, 1.82) is 0 Å². The molecule has 2 N–H and O–H groups in total. The summed E-state index contributed by atoms with van der Waals surface area (Å²) < 4.78 is 0. The Morgan fingerprint density at radius 2 is 1.00 bits per heavy atom. The third kappa shape index (κ3) is 2.46. The molecule has 7 nitrogen and oxygen atoms in total. The van der Waals surface area contributed by atoms with Crippen LogP contribution in [0.5, 0.6) is 0 Å². The minimum atomic E-state index is -0.485. The van der Waals surface area contributed by atoms with E-state index < -0.39 is 23.6 Å². The molecular weight excluding hydrogens is 406 g/mol. The summed E-state index contributed by atoms with van der Waals surface area (Å²) in [6, 6.07) is 15.1. The third-order valence-electron chi connectivity index (χ3n) is 5.13. The van der Waals surface area contributed by atoms with E-state index in [1.165, 1.54) is 48.5 Å². The Morgan fingerprint density at radius 1 is 0.567 bits per heavy atom. The highest BCUT2D eigenvalue weighted by Crippen LogP contribution is 2.33. The van der Waals surface area contributed by atoms with Gasteiger partial charge in [-0.15, -0.1) is 0 Å². The predicted molar refractivity (Wildman–Crippen MR) is 111 cm³/mol. The quantitative estimate of drug-likeness (QED) is 0.507. The van der Waals surface area contributed by atoms with Gasteiger partial charge < -0.3 is 5.73 Å². The number of carbonyl (C=O) groups is 4. The van der Waals surface area contributed by atoms with E-state index in [4.69, 9.17) is 17.3 Å². The molecule has 0 saturated heterocycles. The van der Waals surface area contributed by atoms with Gasteiger partial charge >= 0.3 is 0 Å². The largest absolute Gasteiger partial charge is 0.399 e. The Hall–Kier alpha value is -3.97. The van der Waals surface area contributed by atoms with Crippen LogP contribution in [0, 0.1) is 0 Å². The number of hydrogen-bond acceptors (Lipinski definition) is 5. The minimum Gasteiger partial charge on any atom is -0.399 e. The fourth-order valence-corrected chi connectivity index (χ4v) is 3.86. The molecule has 0 saturated carbocycles. The fraction of sp³-hybridized carbons (Fsp3) is 0. The van der Waals surface area contributed by atoms with Crippen LogP contribution in [0.4, 0.5) is 17.1 Å². The average molecular weight is 418 g/mol. The molecular formula is C22H12ClN3O4. The Bertz CT molecular complexity index is 1200. The lowest BCUT2D eigenvalue weighted by molar-refractivity contribution is 0.0909. The molecule has 3 aromatic rings. The molecule has 5 rings (SSSR count). The van der Waals surface area contributed by atoms with Gasteiger partial charge in [-0.25, -0.2) is 9.80 Å². The first-order chi connectivity index (χ1) is 14.4. The molecule has 0 radical (unpaired) electrons. The highest BCUT2D eigenvalue weighted by molar-refractivity contribution is 6.37. The molecule has 146 valence electrons. The SMILES string of the molecule is Nc1ccc2c(c1)C(=O)N(c1ccc(N3C(=O)c4ccc(Cl)cc4C3=O)cc1)C2=O. The van der Waals surface area contributed by atoms with Gasteiger partial charge in [0, 0.05) is 10.7 Å². The summed E-state index contributed by atoms with van der Waals surface area (Å²) in [5.74, 6) is -1.89. The number of nitrogens with zero attached hydrogens (tertiary/aromatic N) is 2. The van der Waals surface area contributed by atoms with E-state index in [1.807, 2.05) is 0 Å². The molecule has 0 fully saturated rings. The summed E-state index contributed by atoms with van der Waals surface area (Å²) in [6.45, 7) is 0. The first-order valence-electron chi connectivity index (χ1n) is 8.93. The zero-order valence-electron chi connectivity index (χ0n) is 15.3.